The molecule has 1 aromatic heterocycles. The third kappa shape index (κ3) is 4.19. The van der Waals surface area contributed by atoms with Crippen molar-refractivity contribution in [1.29, 1.82) is 0 Å². The molecule has 0 unspecified atom stereocenters. The number of rotatable bonds is 5. The summed E-state index contributed by atoms with van der Waals surface area (Å²) < 4.78 is 0. The number of unbranched alkanes of at least 4 members (excludes halogenated alkanes) is 1. The van der Waals surface area contributed by atoms with Crippen LogP contribution in [-0.2, 0) is 4.79 Å². The molecule has 0 aromatic carbocycles. The molecule has 0 radical (unpaired) electrons. The lowest BCUT2D eigenvalue weighted by Crippen LogP contribution is -2.12. The topological polar surface area (TPSA) is 42.0 Å². The van der Waals surface area contributed by atoms with Crippen LogP contribution in [0.25, 0.3) is 0 Å². The van der Waals surface area contributed by atoms with Crippen molar-refractivity contribution in [2.24, 2.45) is 0 Å². The molecular formula is C12H17ClN2O. The number of carbonyl (C=O) groups is 1. The van der Waals surface area contributed by atoms with E-state index < -0.39 is 0 Å². The van der Waals surface area contributed by atoms with Crippen LogP contribution in [0.15, 0.2) is 12.1 Å². The number of hydrogen-bond acceptors (Lipinski definition) is 2. The minimum absolute atomic E-state index is 0.0267. The number of pyridine rings is 1. The van der Waals surface area contributed by atoms with E-state index in [2.05, 4.69) is 10.3 Å². The van der Waals surface area contributed by atoms with Crippen LogP contribution in [0.1, 0.15) is 30.7 Å². The first-order valence-electron chi connectivity index (χ1n) is 5.43. The molecule has 0 aliphatic carbocycles. The van der Waals surface area contributed by atoms with Gasteiger partial charge in [-0.15, -0.1) is 11.6 Å². The summed E-state index contributed by atoms with van der Waals surface area (Å²) in [4.78, 5) is 15.8. The van der Waals surface area contributed by atoms with Crippen molar-refractivity contribution < 1.29 is 4.79 Å². The van der Waals surface area contributed by atoms with E-state index >= 15 is 0 Å². The smallest absolute Gasteiger partial charge is 0.224 e. The Kier molecular flexibility index (Phi) is 5.26. The molecule has 16 heavy (non-hydrogen) atoms. The first-order chi connectivity index (χ1) is 7.63. The van der Waals surface area contributed by atoms with Crippen molar-refractivity contribution in [3.8, 4) is 0 Å². The molecule has 0 aliphatic rings. The Balaban J connectivity index is 2.49. The predicted octanol–water partition coefficient (Wildman–Crippen LogP) is 3.05. The van der Waals surface area contributed by atoms with Gasteiger partial charge < -0.3 is 5.32 Å². The maximum absolute atomic E-state index is 11.5. The Morgan fingerprint density at radius 3 is 2.75 bits per heavy atom. The van der Waals surface area contributed by atoms with Gasteiger partial charge in [0.05, 0.1) is 11.4 Å². The highest BCUT2D eigenvalue weighted by molar-refractivity contribution is 6.17. The molecule has 1 aromatic rings. The standard InChI is InChI=1S/C12H17ClN2O/c1-9-6-7-11(10(2)14-9)15-12(16)5-3-4-8-13/h6-7H,3-5,8H2,1-2H3,(H,15,16). The van der Waals surface area contributed by atoms with Crippen LogP contribution < -0.4 is 5.32 Å². The van der Waals surface area contributed by atoms with E-state index in [4.69, 9.17) is 11.6 Å². The molecule has 4 heteroatoms. The van der Waals surface area contributed by atoms with Gasteiger partial charge in [-0.1, -0.05) is 0 Å². The molecule has 0 spiro atoms. The van der Waals surface area contributed by atoms with Gasteiger partial charge in [0.2, 0.25) is 5.91 Å². The zero-order chi connectivity index (χ0) is 12.0. The van der Waals surface area contributed by atoms with E-state index in [1.54, 1.807) is 0 Å². The summed E-state index contributed by atoms with van der Waals surface area (Å²) in [5.41, 5.74) is 2.60. The molecule has 0 saturated heterocycles. The minimum atomic E-state index is 0.0267. The van der Waals surface area contributed by atoms with E-state index in [1.807, 2.05) is 26.0 Å². The van der Waals surface area contributed by atoms with Gasteiger partial charge in [-0.05, 0) is 38.8 Å². The Hall–Kier alpha value is -1.09. The Labute approximate surface area is 101 Å². The number of aromatic nitrogens is 1. The Morgan fingerprint density at radius 1 is 1.38 bits per heavy atom. The van der Waals surface area contributed by atoms with Gasteiger partial charge in [-0.2, -0.15) is 0 Å². The lowest BCUT2D eigenvalue weighted by Gasteiger charge is -2.07. The Bertz CT molecular complexity index is 366. The van der Waals surface area contributed by atoms with E-state index in [1.165, 1.54) is 0 Å². The van der Waals surface area contributed by atoms with Crippen molar-refractivity contribution in [1.82, 2.24) is 4.98 Å². The summed E-state index contributed by atoms with van der Waals surface area (Å²) in [5, 5.41) is 2.85. The maximum atomic E-state index is 11.5. The van der Waals surface area contributed by atoms with Gasteiger partial charge >= 0.3 is 0 Å². The summed E-state index contributed by atoms with van der Waals surface area (Å²) in [7, 11) is 0. The van der Waals surface area contributed by atoms with Crippen molar-refractivity contribution >= 4 is 23.2 Å². The number of amides is 1. The van der Waals surface area contributed by atoms with Crippen LogP contribution >= 0.6 is 11.6 Å². The lowest BCUT2D eigenvalue weighted by atomic mass is 10.2. The van der Waals surface area contributed by atoms with Gasteiger partial charge in [0.15, 0.2) is 0 Å². The van der Waals surface area contributed by atoms with Crippen LogP contribution in [0, 0.1) is 13.8 Å². The summed E-state index contributed by atoms with van der Waals surface area (Å²) in [6.45, 7) is 3.82. The number of halogens is 1. The third-order valence-electron chi connectivity index (χ3n) is 2.29. The highest BCUT2D eigenvalue weighted by Crippen LogP contribution is 2.13. The third-order valence-corrected chi connectivity index (χ3v) is 2.55. The molecular weight excluding hydrogens is 224 g/mol. The normalized spacial score (nSPS) is 10.2. The minimum Gasteiger partial charge on any atom is -0.325 e. The second kappa shape index (κ2) is 6.48. The van der Waals surface area contributed by atoms with Gasteiger partial charge in [0.25, 0.3) is 0 Å². The van der Waals surface area contributed by atoms with Gasteiger partial charge in [0, 0.05) is 18.0 Å². The number of nitrogens with zero attached hydrogens (tertiary/aromatic N) is 1. The van der Waals surface area contributed by atoms with Crippen LogP contribution in [0.5, 0.6) is 0 Å². The fourth-order valence-electron chi connectivity index (χ4n) is 1.41. The molecule has 1 amide bonds. The van der Waals surface area contributed by atoms with Crippen molar-refractivity contribution in [2.45, 2.75) is 33.1 Å². The quantitative estimate of drug-likeness (QED) is 0.635. The monoisotopic (exact) mass is 240 g/mol. The molecule has 0 fully saturated rings. The second-order valence-electron chi connectivity index (χ2n) is 3.78. The van der Waals surface area contributed by atoms with Crippen molar-refractivity contribution in [2.75, 3.05) is 11.2 Å². The fraction of sp³-hybridized carbons (Fsp3) is 0.500. The number of hydrogen-bond donors (Lipinski definition) is 1. The number of anilines is 1. The first-order valence-corrected chi connectivity index (χ1v) is 5.97. The molecule has 0 bridgehead atoms. The molecule has 1 rings (SSSR count). The van der Waals surface area contributed by atoms with Crippen LogP contribution in [0.3, 0.4) is 0 Å². The maximum Gasteiger partial charge on any atom is 0.224 e. The number of carbonyl (C=O) groups excluding carboxylic acids is 1. The van der Waals surface area contributed by atoms with Crippen LogP contribution in [-0.4, -0.2) is 16.8 Å². The summed E-state index contributed by atoms with van der Waals surface area (Å²) in [6, 6.07) is 3.78. The number of alkyl halides is 1. The highest BCUT2D eigenvalue weighted by Gasteiger charge is 2.05. The lowest BCUT2D eigenvalue weighted by molar-refractivity contribution is -0.116. The molecule has 0 saturated carbocycles. The fourth-order valence-corrected chi connectivity index (χ4v) is 1.60. The number of nitrogens with one attached hydrogen (secondary N) is 1. The summed E-state index contributed by atoms with van der Waals surface area (Å²) >= 11 is 5.55. The summed E-state index contributed by atoms with van der Waals surface area (Å²) in [5.74, 6) is 0.636. The van der Waals surface area contributed by atoms with Gasteiger partial charge in [0.1, 0.15) is 0 Å². The molecule has 1 heterocycles. The first kappa shape index (κ1) is 13.0. The van der Waals surface area contributed by atoms with Crippen molar-refractivity contribution in [3.05, 3.63) is 23.5 Å². The predicted molar refractivity (Wildman–Crippen MR) is 66.9 cm³/mol. The SMILES string of the molecule is Cc1ccc(NC(=O)CCCCCl)c(C)n1. The number of aryl methyl sites for hydroxylation is 2. The molecule has 0 aliphatic heterocycles. The van der Waals surface area contributed by atoms with Crippen LogP contribution in [0.2, 0.25) is 0 Å². The highest BCUT2D eigenvalue weighted by atomic mass is 35.5. The van der Waals surface area contributed by atoms with E-state index in [0.29, 0.717) is 12.3 Å². The van der Waals surface area contributed by atoms with Gasteiger partial charge in [-0.3, -0.25) is 9.78 Å². The second-order valence-corrected chi connectivity index (χ2v) is 4.16. The van der Waals surface area contributed by atoms with Crippen LogP contribution in [0.4, 0.5) is 5.69 Å². The molecule has 88 valence electrons. The van der Waals surface area contributed by atoms with E-state index in [0.717, 1.165) is 29.9 Å². The zero-order valence-corrected chi connectivity index (χ0v) is 10.5. The molecule has 0 atom stereocenters. The average molecular weight is 241 g/mol. The van der Waals surface area contributed by atoms with Gasteiger partial charge in [-0.25, -0.2) is 0 Å². The molecule has 1 N–H and O–H groups in total. The Morgan fingerprint density at radius 2 is 2.12 bits per heavy atom. The molecule has 3 nitrogen and oxygen atoms in total. The average Bonchev–Trinajstić information content (AvgIpc) is 2.23. The zero-order valence-electron chi connectivity index (χ0n) is 9.72. The van der Waals surface area contributed by atoms with Crippen molar-refractivity contribution in [3.63, 3.8) is 0 Å². The van der Waals surface area contributed by atoms with E-state index in [-0.39, 0.29) is 5.91 Å². The summed E-state index contributed by atoms with van der Waals surface area (Å²) in [6.07, 6.45) is 2.22. The van der Waals surface area contributed by atoms with E-state index in [9.17, 15) is 4.79 Å². The largest absolute Gasteiger partial charge is 0.325 e.